The smallest absolute Gasteiger partial charge is 0.326 e. The van der Waals surface area contributed by atoms with Crippen molar-refractivity contribution in [2.75, 3.05) is 39.8 Å². The molecule has 0 radical (unpaired) electrons. The van der Waals surface area contributed by atoms with Crippen LogP contribution in [0.2, 0.25) is 0 Å². The Morgan fingerprint density at radius 3 is 2.35 bits per heavy atom. The first kappa shape index (κ1) is 13.7. The van der Waals surface area contributed by atoms with E-state index in [1.165, 1.54) is 0 Å². The summed E-state index contributed by atoms with van der Waals surface area (Å²) in [4.78, 5) is 26.2. The van der Waals surface area contributed by atoms with Crippen molar-refractivity contribution in [2.24, 2.45) is 0 Å². The Morgan fingerprint density at radius 2 is 1.88 bits per heavy atom. The predicted molar refractivity (Wildman–Crippen MR) is 60.7 cm³/mol. The Morgan fingerprint density at radius 1 is 1.29 bits per heavy atom. The zero-order valence-corrected chi connectivity index (χ0v) is 9.93. The topological polar surface area (TPSA) is 93.1 Å². The molecule has 1 fully saturated rings. The standard InChI is InChI=1S/C10H19N3O4/c1-12-3-5-13(6-4-12)10(17)11-8(2-7-14)9(15)16/h8,14H,2-7H2,1H3,(H,11,17)(H,15,16). The lowest BCUT2D eigenvalue weighted by Gasteiger charge is -2.33. The van der Waals surface area contributed by atoms with Gasteiger partial charge in [0.1, 0.15) is 6.04 Å². The summed E-state index contributed by atoms with van der Waals surface area (Å²) in [6.45, 7) is 2.48. The number of piperazine rings is 1. The number of hydrogen-bond acceptors (Lipinski definition) is 4. The lowest BCUT2D eigenvalue weighted by Crippen LogP contribution is -2.54. The molecule has 1 atom stereocenters. The molecule has 1 aliphatic heterocycles. The van der Waals surface area contributed by atoms with Crippen LogP contribution in [0, 0.1) is 0 Å². The molecule has 1 heterocycles. The summed E-state index contributed by atoms with van der Waals surface area (Å²) in [5.74, 6) is -1.12. The Kier molecular flexibility index (Phi) is 5.17. The van der Waals surface area contributed by atoms with Crippen LogP contribution in [0.15, 0.2) is 0 Å². The van der Waals surface area contributed by atoms with E-state index in [0.717, 1.165) is 13.1 Å². The Labute approximate surface area is 100.0 Å². The SMILES string of the molecule is CN1CCN(C(=O)NC(CCO)C(=O)O)CC1. The number of hydrogen-bond donors (Lipinski definition) is 3. The summed E-state index contributed by atoms with van der Waals surface area (Å²) >= 11 is 0. The first-order valence-corrected chi connectivity index (χ1v) is 5.62. The fourth-order valence-corrected chi connectivity index (χ4v) is 1.64. The van der Waals surface area contributed by atoms with Crippen molar-refractivity contribution < 1.29 is 19.8 Å². The van der Waals surface area contributed by atoms with Gasteiger partial charge in [-0.15, -0.1) is 0 Å². The van der Waals surface area contributed by atoms with E-state index in [9.17, 15) is 9.59 Å². The van der Waals surface area contributed by atoms with Crippen LogP contribution >= 0.6 is 0 Å². The number of carboxylic acids is 1. The number of carbonyl (C=O) groups is 2. The largest absolute Gasteiger partial charge is 0.480 e. The number of nitrogens with zero attached hydrogens (tertiary/aromatic N) is 2. The lowest BCUT2D eigenvalue weighted by atomic mass is 10.2. The van der Waals surface area contributed by atoms with Crippen molar-refractivity contribution in [2.45, 2.75) is 12.5 Å². The first-order chi connectivity index (χ1) is 8.04. The number of urea groups is 1. The van der Waals surface area contributed by atoms with Crippen molar-refractivity contribution in [1.29, 1.82) is 0 Å². The maximum atomic E-state index is 11.7. The second-order valence-corrected chi connectivity index (χ2v) is 4.14. The molecule has 98 valence electrons. The fraction of sp³-hybridized carbons (Fsp3) is 0.800. The van der Waals surface area contributed by atoms with Gasteiger partial charge in [-0.05, 0) is 7.05 Å². The van der Waals surface area contributed by atoms with Crippen LogP contribution in [0.4, 0.5) is 4.79 Å². The summed E-state index contributed by atoms with van der Waals surface area (Å²) in [5.41, 5.74) is 0. The number of aliphatic hydroxyl groups is 1. The monoisotopic (exact) mass is 245 g/mol. The van der Waals surface area contributed by atoms with Crippen LogP contribution < -0.4 is 5.32 Å². The summed E-state index contributed by atoms with van der Waals surface area (Å²) in [6, 6.07) is -1.40. The van der Waals surface area contributed by atoms with Crippen molar-refractivity contribution in [3.05, 3.63) is 0 Å². The van der Waals surface area contributed by atoms with Crippen LogP contribution in [-0.4, -0.2) is 77.9 Å². The molecule has 17 heavy (non-hydrogen) atoms. The van der Waals surface area contributed by atoms with Gasteiger partial charge in [-0.2, -0.15) is 0 Å². The summed E-state index contributed by atoms with van der Waals surface area (Å²) in [7, 11) is 1.97. The molecule has 1 saturated heterocycles. The number of aliphatic hydroxyl groups excluding tert-OH is 1. The van der Waals surface area contributed by atoms with E-state index in [0.29, 0.717) is 13.1 Å². The van der Waals surface area contributed by atoms with Gasteiger partial charge in [0, 0.05) is 39.2 Å². The highest BCUT2D eigenvalue weighted by Gasteiger charge is 2.24. The highest BCUT2D eigenvalue weighted by molar-refractivity contribution is 5.82. The van der Waals surface area contributed by atoms with E-state index in [1.54, 1.807) is 4.90 Å². The maximum Gasteiger partial charge on any atom is 0.326 e. The van der Waals surface area contributed by atoms with E-state index in [1.807, 2.05) is 7.05 Å². The molecular weight excluding hydrogens is 226 g/mol. The normalized spacial score (nSPS) is 18.8. The predicted octanol–water partition coefficient (Wildman–Crippen LogP) is -1.22. The summed E-state index contributed by atoms with van der Waals surface area (Å²) in [5, 5.41) is 20.0. The fourth-order valence-electron chi connectivity index (χ4n) is 1.64. The number of carbonyl (C=O) groups excluding carboxylic acids is 1. The Bertz CT molecular complexity index is 277. The van der Waals surface area contributed by atoms with Crippen molar-refractivity contribution >= 4 is 12.0 Å². The van der Waals surface area contributed by atoms with Gasteiger partial charge in [-0.25, -0.2) is 9.59 Å². The second kappa shape index (κ2) is 6.41. The zero-order chi connectivity index (χ0) is 12.8. The average Bonchev–Trinajstić information content (AvgIpc) is 2.29. The minimum Gasteiger partial charge on any atom is -0.480 e. The lowest BCUT2D eigenvalue weighted by molar-refractivity contribution is -0.139. The van der Waals surface area contributed by atoms with Gasteiger partial charge < -0.3 is 25.3 Å². The molecule has 7 nitrogen and oxygen atoms in total. The van der Waals surface area contributed by atoms with Crippen molar-refractivity contribution in [3.63, 3.8) is 0 Å². The van der Waals surface area contributed by atoms with Crippen LogP contribution in [0.3, 0.4) is 0 Å². The highest BCUT2D eigenvalue weighted by atomic mass is 16.4. The minimum atomic E-state index is -1.12. The average molecular weight is 245 g/mol. The first-order valence-electron chi connectivity index (χ1n) is 5.62. The van der Waals surface area contributed by atoms with Crippen molar-refractivity contribution in [3.8, 4) is 0 Å². The number of nitrogens with one attached hydrogen (secondary N) is 1. The van der Waals surface area contributed by atoms with Gasteiger partial charge in [-0.1, -0.05) is 0 Å². The molecule has 0 aliphatic carbocycles. The number of carboxylic acid groups (broad SMARTS) is 1. The van der Waals surface area contributed by atoms with Gasteiger partial charge in [0.25, 0.3) is 0 Å². The van der Waals surface area contributed by atoms with E-state index in [2.05, 4.69) is 10.2 Å². The highest BCUT2D eigenvalue weighted by Crippen LogP contribution is 2.01. The van der Waals surface area contributed by atoms with E-state index >= 15 is 0 Å². The van der Waals surface area contributed by atoms with Gasteiger partial charge in [0.05, 0.1) is 0 Å². The number of aliphatic carboxylic acids is 1. The van der Waals surface area contributed by atoms with Crippen molar-refractivity contribution in [1.82, 2.24) is 15.1 Å². The molecule has 0 saturated carbocycles. The third-order valence-electron chi connectivity index (χ3n) is 2.80. The Balaban J connectivity index is 2.44. The molecule has 0 aromatic heterocycles. The van der Waals surface area contributed by atoms with Crippen LogP contribution in [0.5, 0.6) is 0 Å². The quantitative estimate of drug-likeness (QED) is 0.577. The van der Waals surface area contributed by atoms with Gasteiger partial charge in [0.15, 0.2) is 0 Å². The zero-order valence-electron chi connectivity index (χ0n) is 9.93. The molecule has 1 rings (SSSR count). The minimum absolute atomic E-state index is 0.0226. The van der Waals surface area contributed by atoms with Gasteiger partial charge in [-0.3, -0.25) is 0 Å². The number of amides is 2. The number of likely N-dealkylation sites (N-methyl/N-ethyl adjacent to an activating group) is 1. The molecular formula is C10H19N3O4. The third-order valence-corrected chi connectivity index (χ3v) is 2.80. The van der Waals surface area contributed by atoms with E-state index in [4.69, 9.17) is 10.2 Å². The van der Waals surface area contributed by atoms with E-state index in [-0.39, 0.29) is 19.1 Å². The maximum absolute atomic E-state index is 11.7. The van der Waals surface area contributed by atoms with Crippen LogP contribution in [0.1, 0.15) is 6.42 Å². The Hall–Kier alpha value is -1.34. The molecule has 3 N–H and O–H groups in total. The second-order valence-electron chi connectivity index (χ2n) is 4.14. The van der Waals surface area contributed by atoms with Crippen LogP contribution in [0.25, 0.3) is 0 Å². The molecule has 7 heteroatoms. The van der Waals surface area contributed by atoms with E-state index < -0.39 is 12.0 Å². The molecule has 0 aromatic rings. The molecule has 2 amide bonds. The third kappa shape index (κ3) is 4.20. The summed E-state index contributed by atoms with van der Waals surface area (Å²) in [6.07, 6.45) is 0.0226. The molecule has 0 spiro atoms. The van der Waals surface area contributed by atoms with Gasteiger partial charge >= 0.3 is 12.0 Å². The molecule has 1 unspecified atom stereocenters. The molecule has 0 aromatic carbocycles. The van der Waals surface area contributed by atoms with Gasteiger partial charge in [0.2, 0.25) is 0 Å². The molecule has 0 bridgehead atoms. The number of rotatable bonds is 4. The molecule has 1 aliphatic rings. The summed E-state index contributed by atoms with van der Waals surface area (Å²) < 4.78 is 0. The van der Waals surface area contributed by atoms with Crippen LogP contribution in [-0.2, 0) is 4.79 Å².